The van der Waals surface area contributed by atoms with Gasteiger partial charge < -0.3 is 10.8 Å². The lowest BCUT2D eigenvalue weighted by Crippen LogP contribution is -2.17. The molecule has 0 spiro atoms. The van der Waals surface area contributed by atoms with Crippen LogP contribution in [0.1, 0.15) is 24.8 Å². The molecule has 0 aromatic heterocycles. The van der Waals surface area contributed by atoms with E-state index < -0.39 is 0 Å². The quantitative estimate of drug-likeness (QED) is 0.805. The molecule has 0 aliphatic rings. The van der Waals surface area contributed by atoms with Crippen LogP contribution in [0.5, 0.6) is 0 Å². The Morgan fingerprint density at radius 3 is 2.71 bits per heavy atom. The average molecular weight is 214 g/mol. The molecule has 0 aliphatic carbocycles. The summed E-state index contributed by atoms with van der Waals surface area (Å²) >= 11 is 5.88. The molecule has 2 unspecified atom stereocenters. The summed E-state index contributed by atoms with van der Waals surface area (Å²) < 4.78 is 0. The van der Waals surface area contributed by atoms with Crippen LogP contribution in [0.15, 0.2) is 24.3 Å². The van der Waals surface area contributed by atoms with Crippen LogP contribution in [0.3, 0.4) is 0 Å². The van der Waals surface area contributed by atoms with Crippen molar-refractivity contribution in [3.05, 3.63) is 34.9 Å². The highest BCUT2D eigenvalue weighted by Crippen LogP contribution is 2.22. The third-order valence-electron chi connectivity index (χ3n) is 2.23. The minimum Gasteiger partial charge on any atom is -0.393 e. The molecular weight excluding hydrogens is 198 g/mol. The molecule has 1 rings (SSSR count). The fourth-order valence-corrected chi connectivity index (χ4v) is 1.74. The molecule has 3 N–H and O–H groups in total. The Bertz CT molecular complexity index is 288. The van der Waals surface area contributed by atoms with Gasteiger partial charge in [0.1, 0.15) is 0 Å². The number of hydrogen-bond acceptors (Lipinski definition) is 2. The molecule has 1 aromatic carbocycles. The summed E-state index contributed by atoms with van der Waals surface area (Å²) in [5.41, 5.74) is 6.75. The Morgan fingerprint density at radius 2 is 2.21 bits per heavy atom. The average Bonchev–Trinajstić information content (AvgIpc) is 2.14. The third-order valence-corrected chi connectivity index (χ3v) is 2.47. The summed E-state index contributed by atoms with van der Waals surface area (Å²) in [6.45, 7) is 2.30. The highest BCUT2D eigenvalue weighted by Gasteiger charge is 2.12. The maximum absolute atomic E-state index is 9.30. The first-order valence-electron chi connectivity index (χ1n) is 4.77. The van der Waals surface area contributed by atoms with Gasteiger partial charge in [-0.05, 0) is 43.5 Å². The second-order valence-electron chi connectivity index (χ2n) is 3.57. The lowest BCUT2D eigenvalue weighted by molar-refractivity contribution is 0.175. The van der Waals surface area contributed by atoms with Crippen LogP contribution >= 0.6 is 11.6 Å². The van der Waals surface area contributed by atoms with Crippen molar-refractivity contribution >= 4 is 11.6 Å². The SMILES string of the molecule is CC(O)CC(CN)c1cccc(Cl)c1. The summed E-state index contributed by atoms with van der Waals surface area (Å²) in [7, 11) is 0. The highest BCUT2D eigenvalue weighted by molar-refractivity contribution is 6.30. The van der Waals surface area contributed by atoms with Gasteiger partial charge in [-0.3, -0.25) is 0 Å². The Hall–Kier alpha value is -0.570. The number of benzene rings is 1. The van der Waals surface area contributed by atoms with Crippen LogP contribution in [0.25, 0.3) is 0 Å². The van der Waals surface area contributed by atoms with Crippen molar-refractivity contribution in [3.8, 4) is 0 Å². The van der Waals surface area contributed by atoms with E-state index in [1.54, 1.807) is 6.92 Å². The molecule has 2 atom stereocenters. The third kappa shape index (κ3) is 3.29. The van der Waals surface area contributed by atoms with E-state index in [0.29, 0.717) is 18.0 Å². The number of nitrogens with two attached hydrogens (primary N) is 1. The van der Waals surface area contributed by atoms with Crippen molar-refractivity contribution in [3.63, 3.8) is 0 Å². The predicted octanol–water partition coefficient (Wildman–Crippen LogP) is 2.15. The Kier molecular flexibility index (Phi) is 4.39. The number of hydrogen-bond donors (Lipinski definition) is 2. The van der Waals surface area contributed by atoms with Gasteiger partial charge in [-0.15, -0.1) is 0 Å². The maximum atomic E-state index is 9.30. The molecule has 0 heterocycles. The molecular formula is C11H16ClNO. The molecule has 0 fully saturated rings. The second-order valence-corrected chi connectivity index (χ2v) is 4.01. The van der Waals surface area contributed by atoms with Crippen LogP contribution in [0.2, 0.25) is 5.02 Å². The van der Waals surface area contributed by atoms with E-state index in [9.17, 15) is 5.11 Å². The second kappa shape index (κ2) is 5.35. The van der Waals surface area contributed by atoms with E-state index in [0.717, 1.165) is 5.56 Å². The van der Waals surface area contributed by atoms with E-state index in [1.807, 2.05) is 24.3 Å². The molecule has 14 heavy (non-hydrogen) atoms. The Labute approximate surface area is 89.7 Å². The van der Waals surface area contributed by atoms with E-state index in [4.69, 9.17) is 17.3 Å². The summed E-state index contributed by atoms with van der Waals surface area (Å²) in [6.07, 6.45) is 0.346. The molecule has 0 amide bonds. The molecule has 0 bridgehead atoms. The van der Waals surface area contributed by atoms with Gasteiger partial charge in [-0.25, -0.2) is 0 Å². The largest absolute Gasteiger partial charge is 0.393 e. The monoisotopic (exact) mass is 213 g/mol. The predicted molar refractivity (Wildman–Crippen MR) is 59.5 cm³/mol. The van der Waals surface area contributed by atoms with Crippen molar-refractivity contribution in [2.45, 2.75) is 25.4 Å². The smallest absolute Gasteiger partial charge is 0.0518 e. The molecule has 0 saturated carbocycles. The fraction of sp³-hybridized carbons (Fsp3) is 0.455. The summed E-state index contributed by atoms with van der Waals surface area (Å²) in [6, 6.07) is 7.64. The first-order chi connectivity index (χ1) is 6.63. The highest BCUT2D eigenvalue weighted by atomic mass is 35.5. The van der Waals surface area contributed by atoms with Gasteiger partial charge in [0.2, 0.25) is 0 Å². The van der Waals surface area contributed by atoms with Gasteiger partial charge in [-0.2, -0.15) is 0 Å². The zero-order valence-corrected chi connectivity index (χ0v) is 9.04. The number of aliphatic hydroxyl groups excluding tert-OH is 1. The molecule has 0 saturated heterocycles. The van der Waals surface area contributed by atoms with Crippen molar-refractivity contribution < 1.29 is 5.11 Å². The van der Waals surface area contributed by atoms with Crippen molar-refractivity contribution in [1.29, 1.82) is 0 Å². The molecule has 1 aromatic rings. The van der Waals surface area contributed by atoms with E-state index >= 15 is 0 Å². The van der Waals surface area contributed by atoms with Gasteiger partial charge in [-0.1, -0.05) is 23.7 Å². The van der Waals surface area contributed by atoms with Gasteiger partial charge in [0.15, 0.2) is 0 Å². The Morgan fingerprint density at radius 1 is 1.50 bits per heavy atom. The molecule has 78 valence electrons. The minimum atomic E-state index is -0.331. The summed E-state index contributed by atoms with van der Waals surface area (Å²) in [5.74, 6) is 0.189. The van der Waals surface area contributed by atoms with E-state index in [1.165, 1.54) is 0 Å². The summed E-state index contributed by atoms with van der Waals surface area (Å²) in [4.78, 5) is 0. The van der Waals surface area contributed by atoms with Gasteiger partial charge in [0.05, 0.1) is 6.10 Å². The normalized spacial score (nSPS) is 15.1. The first kappa shape index (κ1) is 11.5. The molecule has 3 heteroatoms. The maximum Gasteiger partial charge on any atom is 0.0518 e. The topological polar surface area (TPSA) is 46.2 Å². The number of rotatable bonds is 4. The molecule has 2 nitrogen and oxygen atoms in total. The fourth-order valence-electron chi connectivity index (χ4n) is 1.54. The number of halogens is 1. The van der Waals surface area contributed by atoms with Gasteiger partial charge in [0.25, 0.3) is 0 Å². The summed E-state index contributed by atoms with van der Waals surface area (Å²) in [5, 5.41) is 10.0. The number of aliphatic hydroxyl groups is 1. The van der Waals surface area contributed by atoms with Gasteiger partial charge >= 0.3 is 0 Å². The van der Waals surface area contributed by atoms with Crippen molar-refractivity contribution in [2.24, 2.45) is 5.73 Å². The van der Waals surface area contributed by atoms with Crippen LogP contribution in [0.4, 0.5) is 0 Å². The lowest BCUT2D eigenvalue weighted by Gasteiger charge is -2.16. The zero-order valence-electron chi connectivity index (χ0n) is 8.28. The Balaban J connectivity index is 2.78. The van der Waals surface area contributed by atoms with Crippen LogP contribution in [-0.2, 0) is 0 Å². The van der Waals surface area contributed by atoms with E-state index in [-0.39, 0.29) is 12.0 Å². The van der Waals surface area contributed by atoms with Crippen LogP contribution < -0.4 is 5.73 Å². The standard InChI is InChI=1S/C11H16ClNO/c1-8(14)5-10(7-13)9-3-2-4-11(12)6-9/h2-4,6,8,10,14H,5,7,13H2,1H3. The van der Waals surface area contributed by atoms with Crippen LogP contribution in [0, 0.1) is 0 Å². The van der Waals surface area contributed by atoms with Crippen LogP contribution in [-0.4, -0.2) is 17.8 Å². The molecule has 0 radical (unpaired) electrons. The zero-order chi connectivity index (χ0) is 10.6. The van der Waals surface area contributed by atoms with E-state index in [2.05, 4.69) is 0 Å². The minimum absolute atomic E-state index is 0.189. The molecule has 0 aliphatic heterocycles. The van der Waals surface area contributed by atoms with Gasteiger partial charge in [0, 0.05) is 5.02 Å². The van der Waals surface area contributed by atoms with Crippen molar-refractivity contribution in [2.75, 3.05) is 6.54 Å². The lowest BCUT2D eigenvalue weighted by atomic mass is 9.94. The first-order valence-corrected chi connectivity index (χ1v) is 5.15. The van der Waals surface area contributed by atoms with Crippen molar-refractivity contribution in [1.82, 2.24) is 0 Å².